The number of carbonyl (C=O) groups is 2. The number of benzene rings is 2. The van der Waals surface area contributed by atoms with Crippen LogP contribution in [0.1, 0.15) is 46.5 Å². The van der Waals surface area contributed by atoms with Crippen LogP contribution in [0.25, 0.3) is 0 Å². The number of nitrogens with one attached hydrogen (secondary N) is 1. The molecule has 0 saturated carbocycles. The smallest absolute Gasteiger partial charge is 0.255 e. The molecule has 2 aromatic rings. The topological polar surface area (TPSA) is 134 Å². The maximum atomic E-state index is 13.0. The molecule has 0 unspecified atom stereocenters. The molecule has 2 aromatic carbocycles. The summed E-state index contributed by atoms with van der Waals surface area (Å²) in [7, 11) is 0. The van der Waals surface area contributed by atoms with E-state index in [-0.39, 0.29) is 11.5 Å². The molecule has 9 heteroatoms. The van der Waals surface area contributed by atoms with Crippen molar-refractivity contribution >= 4 is 46.9 Å². The van der Waals surface area contributed by atoms with Gasteiger partial charge in [0, 0.05) is 59.7 Å². The molecule has 6 N–H and O–H groups in total. The Balaban J connectivity index is 1.90. The second-order valence-corrected chi connectivity index (χ2v) is 9.82. The average Bonchev–Trinajstić information content (AvgIpc) is 2.78. The van der Waals surface area contributed by atoms with Gasteiger partial charge in [-0.1, -0.05) is 6.07 Å². The van der Waals surface area contributed by atoms with Gasteiger partial charge < -0.3 is 26.8 Å². The number of amides is 2. The molecular weight excluding hydrogens is 438 g/mol. The Bertz CT molecular complexity index is 1040. The molecule has 0 aliphatic carbocycles. The first-order valence-electron chi connectivity index (χ1n) is 10.8. The number of anilines is 3. The van der Waals surface area contributed by atoms with Crippen molar-refractivity contribution in [1.29, 1.82) is 0 Å². The molecule has 1 saturated heterocycles. The zero-order valence-corrected chi connectivity index (χ0v) is 19.8. The summed E-state index contributed by atoms with van der Waals surface area (Å²) >= 11 is 1.89. The molecule has 0 spiro atoms. The SMILES string of the molecule is CC(C)(O)CCN=Cc1cc(NC(=O)c2cccc(C(N)=O)c2)c(N2CCSCC2)cc1N. The van der Waals surface area contributed by atoms with E-state index in [9.17, 15) is 14.7 Å². The molecule has 8 nitrogen and oxygen atoms in total. The van der Waals surface area contributed by atoms with Crippen LogP contribution in [-0.4, -0.2) is 59.9 Å². The van der Waals surface area contributed by atoms with Gasteiger partial charge in [-0.25, -0.2) is 0 Å². The maximum absolute atomic E-state index is 13.0. The van der Waals surface area contributed by atoms with Crippen LogP contribution in [-0.2, 0) is 0 Å². The third-order valence-electron chi connectivity index (χ3n) is 5.29. The first kappa shape index (κ1) is 24.6. The largest absolute Gasteiger partial charge is 0.398 e. The minimum Gasteiger partial charge on any atom is -0.398 e. The van der Waals surface area contributed by atoms with Gasteiger partial charge in [-0.15, -0.1) is 0 Å². The molecule has 1 aliphatic heterocycles. The lowest BCUT2D eigenvalue weighted by Gasteiger charge is -2.31. The molecule has 0 atom stereocenters. The zero-order valence-electron chi connectivity index (χ0n) is 19.0. The van der Waals surface area contributed by atoms with Crippen molar-refractivity contribution in [2.45, 2.75) is 25.9 Å². The highest BCUT2D eigenvalue weighted by Crippen LogP contribution is 2.33. The predicted octanol–water partition coefficient (Wildman–Crippen LogP) is 2.75. The summed E-state index contributed by atoms with van der Waals surface area (Å²) in [5.41, 5.74) is 14.2. The van der Waals surface area contributed by atoms with Crippen LogP contribution in [0.15, 0.2) is 41.4 Å². The summed E-state index contributed by atoms with van der Waals surface area (Å²) in [4.78, 5) is 31.1. The number of nitrogens with zero attached hydrogens (tertiary/aromatic N) is 2. The number of aliphatic hydroxyl groups is 1. The van der Waals surface area contributed by atoms with E-state index >= 15 is 0 Å². The fraction of sp³-hybridized carbons (Fsp3) is 0.375. The Kier molecular flexibility index (Phi) is 7.99. The van der Waals surface area contributed by atoms with Crippen molar-refractivity contribution < 1.29 is 14.7 Å². The minimum absolute atomic E-state index is 0.271. The normalized spacial score (nSPS) is 14.5. The van der Waals surface area contributed by atoms with E-state index in [1.807, 2.05) is 23.9 Å². The van der Waals surface area contributed by atoms with Crippen molar-refractivity contribution in [3.05, 3.63) is 53.1 Å². The fourth-order valence-electron chi connectivity index (χ4n) is 3.41. The molecule has 176 valence electrons. The monoisotopic (exact) mass is 469 g/mol. The summed E-state index contributed by atoms with van der Waals surface area (Å²) in [5.74, 6) is 1.05. The predicted molar refractivity (Wildman–Crippen MR) is 137 cm³/mol. The molecular formula is C24H31N5O3S. The van der Waals surface area contributed by atoms with Crippen LogP contribution < -0.4 is 21.7 Å². The van der Waals surface area contributed by atoms with Crippen LogP contribution in [0, 0.1) is 0 Å². The lowest BCUT2D eigenvalue weighted by Crippen LogP contribution is -2.33. The molecule has 0 aromatic heterocycles. The van der Waals surface area contributed by atoms with Crippen LogP contribution in [0.3, 0.4) is 0 Å². The molecule has 33 heavy (non-hydrogen) atoms. The average molecular weight is 470 g/mol. The number of aliphatic imine (C=N–C) groups is 1. The number of thioether (sulfide) groups is 1. The standard InChI is InChI=1S/C24H31N5O3S/c1-24(2,32)6-7-27-15-18-13-20(21(14-19(18)25)29-8-10-33-11-9-29)28-23(31)17-5-3-4-16(12-17)22(26)30/h3-5,12-15,32H,6-11,25H2,1-2H3,(H2,26,30)(H,28,31). The number of nitrogens with two attached hydrogens (primary N) is 2. The van der Waals surface area contributed by atoms with Gasteiger partial charge in [0.05, 0.1) is 17.0 Å². The Labute approximate surface area is 198 Å². The molecule has 3 rings (SSSR count). The van der Waals surface area contributed by atoms with E-state index in [0.29, 0.717) is 35.5 Å². The molecule has 2 amide bonds. The number of nitrogen functional groups attached to an aromatic ring is 1. The summed E-state index contributed by atoms with van der Waals surface area (Å²) in [6.07, 6.45) is 2.19. The van der Waals surface area contributed by atoms with E-state index in [1.54, 1.807) is 38.3 Å². The molecule has 1 fully saturated rings. The van der Waals surface area contributed by atoms with Gasteiger partial charge in [-0.2, -0.15) is 11.8 Å². The highest BCUT2D eigenvalue weighted by Gasteiger charge is 2.19. The van der Waals surface area contributed by atoms with Gasteiger partial charge >= 0.3 is 0 Å². The maximum Gasteiger partial charge on any atom is 0.255 e. The highest BCUT2D eigenvalue weighted by atomic mass is 32.2. The van der Waals surface area contributed by atoms with Crippen molar-refractivity contribution in [2.24, 2.45) is 10.7 Å². The molecule has 1 heterocycles. The quantitative estimate of drug-likeness (QED) is 0.347. The summed E-state index contributed by atoms with van der Waals surface area (Å²) in [6, 6.07) is 9.99. The fourth-order valence-corrected chi connectivity index (χ4v) is 4.31. The molecule has 0 bridgehead atoms. The van der Waals surface area contributed by atoms with Gasteiger partial charge in [0.2, 0.25) is 5.91 Å². The van der Waals surface area contributed by atoms with E-state index in [0.717, 1.165) is 30.3 Å². The van der Waals surface area contributed by atoms with Gasteiger partial charge in [0.1, 0.15) is 0 Å². The van der Waals surface area contributed by atoms with E-state index in [2.05, 4.69) is 15.2 Å². The Morgan fingerprint density at radius 2 is 1.91 bits per heavy atom. The third-order valence-corrected chi connectivity index (χ3v) is 6.24. The minimum atomic E-state index is -0.794. The Hall–Kier alpha value is -3.04. The second-order valence-electron chi connectivity index (χ2n) is 8.59. The lowest BCUT2D eigenvalue weighted by atomic mass is 10.1. The Morgan fingerprint density at radius 1 is 1.21 bits per heavy atom. The van der Waals surface area contributed by atoms with Crippen LogP contribution >= 0.6 is 11.8 Å². The van der Waals surface area contributed by atoms with Crippen LogP contribution in [0.4, 0.5) is 17.1 Å². The number of rotatable bonds is 8. The van der Waals surface area contributed by atoms with Crippen molar-refractivity contribution in [1.82, 2.24) is 0 Å². The second kappa shape index (κ2) is 10.7. The van der Waals surface area contributed by atoms with Crippen molar-refractivity contribution in [3.63, 3.8) is 0 Å². The van der Waals surface area contributed by atoms with Gasteiger partial charge in [0.25, 0.3) is 5.91 Å². The first-order valence-corrected chi connectivity index (χ1v) is 12.0. The first-order chi connectivity index (χ1) is 15.6. The molecule has 1 aliphatic rings. The number of hydrogen-bond donors (Lipinski definition) is 4. The molecule has 0 radical (unpaired) electrons. The number of primary amides is 1. The zero-order chi connectivity index (χ0) is 24.0. The van der Waals surface area contributed by atoms with Crippen LogP contribution in [0.5, 0.6) is 0 Å². The van der Waals surface area contributed by atoms with Gasteiger partial charge in [0.15, 0.2) is 0 Å². The summed E-state index contributed by atoms with van der Waals surface area (Å²) < 4.78 is 0. The summed E-state index contributed by atoms with van der Waals surface area (Å²) in [5, 5.41) is 12.8. The number of hydrogen-bond acceptors (Lipinski definition) is 7. The summed E-state index contributed by atoms with van der Waals surface area (Å²) in [6.45, 7) is 5.63. The van der Waals surface area contributed by atoms with Crippen molar-refractivity contribution in [3.8, 4) is 0 Å². The Morgan fingerprint density at radius 3 is 2.58 bits per heavy atom. The van der Waals surface area contributed by atoms with Gasteiger partial charge in [-0.05, 0) is 50.6 Å². The van der Waals surface area contributed by atoms with E-state index < -0.39 is 11.5 Å². The van der Waals surface area contributed by atoms with Crippen molar-refractivity contribution in [2.75, 3.05) is 47.1 Å². The van der Waals surface area contributed by atoms with E-state index in [1.165, 1.54) is 6.07 Å². The lowest BCUT2D eigenvalue weighted by molar-refractivity contribution is 0.0739. The van der Waals surface area contributed by atoms with Gasteiger partial charge in [-0.3, -0.25) is 14.6 Å². The number of carbonyl (C=O) groups excluding carboxylic acids is 2. The van der Waals surface area contributed by atoms with E-state index in [4.69, 9.17) is 11.5 Å². The van der Waals surface area contributed by atoms with Crippen LogP contribution in [0.2, 0.25) is 0 Å². The highest BCUT2D eigenvalue weighted by molar-refractivity contribution is 7.99. The third kappa shape index (κ3) is 6.97.